The zero-order valence-corrected chi connectivity index (χ0v) is 13.8. The van der Waals surface area contributed by atoms with Crippen LogP contribution >= 0.6 is 0 Å². The van der Waals surface area contributed by atoms with E-state index in [0.717, 1.165) is 11.1 Å². The largest absolute Gasteiger partial charge is 0.497 e. The highest BCUT2D eigenvalue weighted by atomic mass is 16.5. The number of anilines is 1. The Balaban J connectivity index is 2.22. The fraction of sp³-hybridized carbons (Fsp3) is 0.158. The number of carbonyl (C=O) groups is 1. The Kier molecular flexibility index (Phi) is 5.58. The van der Waals surface area contributed by atoms with Crippen LogP contribution < -0.4 is 14.8 Å². The number of aryl methyl sites for hydroxylation is 1. The van der Waals surface area contributed by atoms with E-state index in [4.69, 9.17) is 9.47 Å². The van der Waals surface area contributed by atoms with Crippen LogP contribution in [0.5, 0.6) is 11.5 Å². The molecular weight excluding hydrogens is 304 g/mol. The zero-order chi connectivity index (χ0) is 17.5. The van der Waals surface area contributed by atoms with E-state index in [0.29, 0.717) is 17.2 Å². The maximum atomic E-state index is 12.3. The molecule has 2 aromatic carbocycles. The lowest BCUT2D eigenvalue weighted by molar-refractivity contribution is -0.112. The molecule has 5 heteroatoms. The number of carbonyl (C=O) groups excluding carboxylic acids is 1. The Hall–Kier alpha value is -3.26. The minimum Gasteiger partial charge on any atom is -0.497 e. The van der Waals surface area contributed by atoms with Gasteiger partial charge in [-0.1, -0.05) is 18.2 Å². The van der Waals surface area contributed by atoms with Crippen LogP contribution in [0.15, 0.2) is 48.0 Å². The number of ether oxygens (including phenoxy) is 2. The highest BCUT2D eigenvalue weighted by Gasteiger charge is 2.12. The molecule has 0 unspecified atom stereocenters. The summed E-state index contributed by atoms with van der Waals surface area (Å²) in [6.45, 7) is 1.93. The number of hydrogen-bond acceptors (Lipinski definition) is 4. The summed E-state index contributed by atoms with van der Waals surface area (Å²) in [4.78, 5) is 12.3. The topological polar surface area (TPSA) is 71.3 Å². The lowest BCUT2D eigenvalue weighted by Crippen LogP contribution is -2.14. The number of benzene rings is 2. The van der Waals surface area contributed by atoms with Gasteiger partial charge >= 0.3 is 0 Å². The third-order valence-electron chi connectivity index (χ3n) is 3.40. The maximum Gasteiger partial charge on any atom is 0.266 e. The number of nitrogens with zero attached hydrogens (tertiary/aromatic N) is 1. The quantitative estimate of drug-likeness (QED) is 0.675. The summed E-state index contributed by atoms with van der Waals surface area (Å²) in [6.07, 6.45) is 1.52. The van der Waals surface area contributed by atoms with Crippen LogP contribution in [0.4, 0.5) is 5.69 Å². The molecule has 0 aliphatic heterocycles. The first kappa shape index (κ1) is 17.1. The van der Waals surface area contributed by atoms with Gasteiger partial charge in [-0.15, -0.1) is 0 Å². The van der Waals surface area contributed by atoms with Gasteiger partial charge in [0, 0.05) is 0 Å². The van der Waals surface area contributed by atoms with E-state index in [1.54, 1.807) is 37.4 Å². The van der Waals surface area contributed by atoms with Crippen molar-refractivity contribution in [3.63, 3.8) is 0 Å². The van der Waals surface area contributed by atoms with Crippen LogP contribution in [0.1, 0.15) is 11.1 Å². The fourth-order valence-electron chi connectivity index (χ4n) is 2.11. The van der Waals surface area contributed by atoms with Crippen LogP contribution in [0.3, 0.4) is 0 Å². The average molecular weight is 322 g/mol. The van der Waals surface area contributed by atoms with Crippen molar-refractivity contribution in [1.29, 1.82) is 5.26 Å². The van der Waals surface area contributed by atoms with Gasteiger partial charge in [-0.3, -0.25) is 4.79 Å². The first-order valence-corrected chi connectivity index (χ1v) is 7.29. The lowest BCUT2D eigenvalue weighted by Gasteiger charge is -2.10. The number of rotatable bonds is 5. The summed E-state index contributed by atoms with van der Waals surface area (Å²) >= 11 is 0. The second-order valence-corrected chi connectivity index (χ2v) is 5.10. The van der Waals surface area contributed by atoms with Gasteiger partial charge in [0.25, 0.3) is 5.91 Å². The highest BCUT2D eigenvalue weighted by Crippen LogP contribution is 2.26. The number of methoxy groups -OCH3 is 2. The van der Waals surface area contributed by atoms with Gasteiger partial charge in [-0.25, -0.2) is 0 Å². The lowest BCUT2D eigenvalue weighted by atomic mass is 10.1. The summed E-state index contributed by atoms with van der Waals surface area (Å²) in [5.41, 5.74) is 2.27. The molecular formula is C19H18N2O3. The van der Waals surface area contributed by atoms with Gasteiger partial charge in [0.05, 0.1) is 19.9 Å². The number of amides is 1. The SMILES string of the molecule is COc1ccc(/C=C(\C#N)C(=O)Nc2ccc(C)cc2OC)cc1. The van der Waals surface area contributed by atoms with Crippen LogP contribution in [-0.2, 0) is 4.79 Å². The molecule has 0 fully saturated rings. The first-order valence-electron chi connectivity index (χ1n) is 7.29. The van der Waals surface area contributed by atoms with Crippen molar-refractivity contribution < 1.29 is 14.3 Å². The predicted molar refractivity (Wildman–Crippen MR) is 92.9 cm³/mol. The predicted octanol–water partition coefficient (Wildman–Crippen LogP) is 3.56. The molecule has 0 aliphatic carbocycles. The number of hydrogen-bond donors (Lipinski definition) is 1. The van der Waals surface area contributed by atoms with Crippen LogP contribution in [-0.4, -0.2) is 20.1 Å². The molecule has 0 aliphatic rings. The van der Waals surface area contributed by atoms with Crippen LogP contribution in [0, 0.1) is 18.3 Å². The summed E-state index contributed by atoms with van der Waals surface area (Å²) in [5, 5.41) is 12.0. The summed E-state index contributed by atoms with van der Waals surface area (Å²) < 4.78 is 10.3. The fourth-order valence-corrected chi connectivity index (χ4v) is 2.11. The molecule has 2 aromatic rings. The van der Waals surface area contributed by atoms with Crippen molar-refractivity contribution in [2.45, 2.75) is 6.92 Å². The molecule has 5 nitrogen and oxygen atoms in total. The van der Waals surface area contributed by atoms with E-state index in [1.165, 1.54) is 13.2 Å². The molecule has 0 saturated carbocycles. The van der Waals surface area contributed by atoms with Gasteiger partial charge in [-0.2, -0.15) is 5.26 Å². The number of nitrogens with one attached hydrogen (secondary N) is 1. The highest BCUT2D eigenvalue weighted by molar-refractivity contribution is 6.10. The van der Waals surface area contributed by atoms with Crippen LogP contribution in [0.2, 0.25) is 0 Å². The molecule has 1 amide bonds. The maximum absolute atomic E-state index is 12.3. The zero-order valence-electron chi connectivity index (χ0n) is 13.8. The van der Waals surface area contributed by atoms with Crippen molar-refractivity contribution in [3.05, 3.63) is 59.2 Å². The normalized spacial score (nSPS) is 10.7. The van der Waals surface area contributed by atoms with Gasteiger partial charge in [-0.05, 0) is 48.4 Å². The summed E-state index contributed by atoms with van der Waals surface area (Å²) in [7, 11) is 3.11. The van der Waals surface area contributed by atoms with Crippen molar-refractivity contribution >= 4 is 17.7 Å². The van der Waals surface area contributed by atoms with Gasteiger partial charge in [0.2, 0.25) is 0 Å². The third-order valence-corrected chi connectivity index (χ3v) is 3.40. The van der Waals surface area contributed by atoms with Crippen molar-refractivity contribution in [1.82, 2.24) is 0 Å². The summed E-state index contributed by atoms with van der Waals surface area (Å²) in [5.74, 6) is 0.764. The van der Waals surface area contributed by atoms with E-state index in [-0.39, 0.29) is 5.57 Å². The second kappa shape index (κ2) is 7.84. The molecule has 0 heterocycles. The molecule has 0 aromatic heterocycles. The Labute approximate surface area is 141 Å². The number of nitriles is 1. The standard InChI is InChI=1S/C19H18N2O3/c1-13-4-9-17(18(10-13)24-3)21-19(22)15(12-20)11-14-5-7-16(23-2)8-6-14/h4-11H,1-3H3,(H,21,22)/b15-11+. The molecule has 24 heavy (non-hydrogen) atoms. The Bertz CT molecular complexity index is 802. The Morgan fingerprint density at radius 1 is 1.12 bits per heavy atom. The van der Waals surface area contributed by atoms with Gasteiger partial charge in [0.15, 0.2) is 0 Å². The van der Waals surface area contributed by atoms with Crippen molar-refractivity contribution in [2.24, 2.45) is 0 Å². The molecule has 122 valence electrons. The molecule has 1 N–H and O–H groups in total. The van der Waals surface area contributed by atoms with E-state index in [9.17, 15) is 10.1 Å². The van der Waals surface area contributed by atoms with E-state index >= 15 is 0 Å². The van der Waals surface area contributed by atoms with Crippen molar-refractivity contribution in [2.75, 3.05) is 19.5 Å². The van der Waals surface area contributed by atoms with Gasteiger partial charge in [0.1, 0.15) is 23.1 Å². The Morgan fingerprint density at radius 2 is 1.83 bits per heavy atom. The minimum absolute atomic E-state index is 0.00259. The van der Waals surface area contributed by atoms with Crippen LogP contribution in [0.25, 0.3) is 6.08 Å². The first-order chi connectivity index (χ1) is 11.6. The molecule has 0 atom stereocenters. The molecule has 2 rings (SSSR count). The Morgan fingerprint density at radius 3 is 2.42 bits per heavy atom. The molecule has 0 saturated heterocycles. The molecule has 0 radical (unpaired) electrons. The van der Waals surface area contributed by atoms with E-state index < -0.39 is 5.91 Å². The van der Waals surface area contributed by atoms with E-state index in [1.807, 2.05) is 25.1 Å². The second-order valence-electron chi connectivity index (χ2n) is 5.10. The minimum atomic E-state index is -0.490. The average Bonchev–Trinajstić information content (AvgIpc) is 2.61. The third kappa shape index (κ3) is 4.14. The molecule has 0 spiro atoms. The summed E-state index contributed by atoms with van der Waals surface area (Å²) in [6, 6.07) is 14.4. The smallest absolute Gasteiger partial charge is 0.266 e. The van der Waals surface area contributed by atoms with E-state index in [2.05, 4.69) is 5.32 Å². The van der Waals surface area contributed by atoms with Gasteiger partial charge < -0.3 is 14.8 Å². The molecule has 0 bridgehead atoms. The van der Waals surface area contributed by atoms with Crippen molar-refractivity contribution in [3.8, 4) is 17.6 Å². The monoisotopic (exact) mass is 322 g/mol.